The van der Waals surface area contributed by atoms with Crippen molar-refractivity contribution in [2.24, 2.45) is 17.8 Å². The van der Waals surface area contributed by atoms with Crippen LogP contribution in [0.5, 0.6) is 5.75 Å². The second-order valence-electron chi connectivity index (χ2n) is 21.0. The van der Waals surface area contributed by atoms with Gasteiger partial charge in [-0.15, -0.1) is 11.8 Å². The molecule has 1 aliphatic carbocycles. The number of nitrogens with one attached hydrogen (secondary N) is 2. The molecule has 9 atom stereocenters. The van der Waals surface area contributed by atoms with Crippen molar-refractivity contribution in [2.75, 3.05) is 45.5 Å². The van der Waals surface area contributed by atoms with Crippen LogP contribution in [-0.4, -0.2) is 149 Å². The molecule has 5 heterocycles. The van der Waals surface area contributed by atoms with Crippen LogP contribution in [0.25, 0.3) is 0 Å². The van der Waals surface area contributed by atoms with Gasteiger partial charge >= 0.3 is 12.1 Å². The van der Waals surface area contributed by atoms with Gasteiger partial charge in [0.1, 0.15) is 40.3 Å². The van der Waals surface area contributed by atoms with Crippen molar-refractivity contribution in [1.82, 2.24) is 20.4 Å². The van der Waals surface area contributed by atoms with Gasteiger partial charge in [-0.3, -0.25) is 34.2 Å². The van der Waals surface area contributed by atoms with Crippen LogP contribution in [0.2, 0.25) is 5.02 Å². The van der Waals surface area contributed by atoms with Gasteiger partial charge in [-0.2, -0.15) is 0 Å². The summed E-state index contributed by atoms with van der Waals surface area (Å²) in [5.74, 6) is -2.80. The van der Waals surface area contributed by atoms with Crippen LogP contribution in [0.1, 0.15) is 98.5 Å². The van der Waals surface area contributed by atoms with Gasteiger partial charge in [-0.05, 0) is 90.3 Å². The summed E-state index contributed by atoms with van der Waals surface area (Å²) < 4.78 is 29.9. The van der Waals surface area contributed by atoms with E-state index in [1.807, 2.05) is 33.8 Å². The third kappa shape index (κ3) is 10.5. The summed E-state index contributed by atoms with van der Waals surface area (Å²) in [5, 5.41) is 17.2. The van der Waals surface area contributed by atoms with Gasteiger partial charge < -0.3 is 43.9 Å². The van der Waals surface area contributed by atoms with E-state index < -0.39 is 76.3 Å². The third-order valence-electron chi connectivity index (χ3n) is 15.0. The smallest absolute Gasteiger partial charge is 0.409 e. The molecule has 1 saturated carbocycles. The first-order chi connectivity index (χ1) is 32.9. The Bertz CT molecular complexity index is 2330. The molecule has 18 nitrogen and oxygen atoms in total. The number of amides is 6. The van der Waals surface area contributed by atoms with E-state index in [1.165, 1.54) is 47.7 Å². The van der Waals surface area contributed by atoms with Crippen LogP contribution in [0.4, 0.5) is 10.5 Å². The number of imide groups is 1. The fourth-order valence-electron chi connectivity index (χ4n) is 11.0. The Balaban J connectivity index is 1.10. The third-order valence-corrected chi connectivity index (χ3v) is 16.6. The maximum Gasteiger partial charge on any atom is 0.409 e. The average molecular weight is 1010 g/mol. The first-order valence-electron chi connectivity index (χ1n) is 24.0. The highest BCUT2D eigenvalue weighted by molar-refractivity contribution is 8.00. The van der Waals surface area contributed by atoms with E-state index in [0.717, 1.165) is 24.0 Å². The number of carbonyl (C=O) groups excluding carboxylic acids is 7. The summed E-state index contributed by atoms with van der Waals surface area (Å²) in [6.45, 7) is 11.4. The number of fused-ring (bicyclic) bond motifs is 4. The number of halogens is 1. The lowest BCUT2D eigenvalue weighted by molar-refractivity contribution is -0.174. The van der Waals surface area contributed by atoms with Crippen molar-refractivity contribution in [2.45, 2.75) is 151 Å². The van der Waals surface area contributed by atoms with E-state index in [-0.39, 0.29) is 78.1 Å². The van der Waals surface area contributed by atoms with Gasteiger partial charge in [0.2, 0.25) is 29.5 Å². The van der Waals surface area contributed by atoms with Crippen LogP contribution in [0.15, 0.2) is 35.9 Å². The standard InChI is InChI=1S/C50H68ClN5O13S/c1-27-12-11-13-36(66-10)49(64)25-34(67-46(63)53-49)28(2)50-42(45(62)68-37(48(50,6)69-50)24-39(58)54(7)32-21-30(20-27)22-33(65-9)41(32)51)55(8)38(57)18-19-70-35-23-40(59)56(44(35)61)26-29-14-16-31(17-15-29)43(60)52-47(3,4)5/h11-13,21-22,28-29,31,34-37,42,64H,14-20,23-26H2,1-10H3,(H,52,60)(H,53,63)/b13-11+,27-12+/t28-,29?,31?,34?,35?,36?,37+,42-,48?,49?,50-/m1/s1. The summed E-state index contributed by atoms with van der Waals surface area (Å²) in [6.07, 6.45) is 3.36. The fourth-order valence-corrected chi connectivity index (χ4v) is 12.5. The molecule has 7 rings (SSSR count). The number of ether oxygens (including phenoxy) is 5. The predicted molar refractivity (Wildman–Crippen MR) is 260 cm³/mol. The number of benzene rings is 1. The molecule has 0 spiro atoms. The molecule has 5 unspecified atom stereocenters. The minimum atomic E-state index is -2.00. The highest BCUT2D eigenvalue weighted by Crippen LogP contribution is 2.63. The summed E-state index contributed by atoms with van der Waals surface area (Å²) in [5.41, 5.74) is -3.33. The monoisotopic (exact) mass is 1010 g/mol. The van der Waals surface area contributed by atoms with Crippen molar-refractivity contribution in [3.8, 4) is 5.75 Å². The maximum absolute atomic E-state index is 14.5. The first kappa shape index (κ1) is 53.1. The Morgan fingerprint density at radius 3 is 2.41 bits per heavy atom. The Hall–Kier alpha value is -4.69. The number of hydrogen-bond acceptors (Lipinski definition) is 14. The molecule has 4 saturated heterocycles. The molecule has 0 radical (unpaired) electrons. The molecule has 1 aromatic rings. The van der Waals surface area contributed by atoms with Crippen molar-refractivity contribution < 1.29 is 62.4 Å². The molecule has 70 heavy (non-hydrogen) atoms. The fraction of sp³-hybridized carbons (Fsp3) is 0.660. The van der Waals surface area contributed by atoms with Crippen LogP contribution in [0.3, 0.4) is 0 Å². The van der Waals surface area contributed by atoms with E-state index in [2.05, 4.69) is 10.6 Å². The number of likely N-dealkylation sites (N-methyl/N-ethyl adjacent to an activating group) is 1. The summed E-state index contributed by atoms with van der Waals surface area (Å²) >= 11 is 8.00. The number of aliphatic hydroxyl groups is 1. The van der Waals surface area contributed by atoms with Gasteiger partial charge in [-0.25, -0.2) is 9.59 Å². The molecular formula is C50H68ClN5O13S. The molecule has 5 aliphatic heterocycles. The second-order valence-corrected chi connectivity index (χ2v) is 22.6. The first-order valence-corrected chi connectivity index (χ1v) is 25.4. The van der Waals surface area contributed by atoms with E-state index in [1.54, 1.807) is 45.2 Å². The lowest BCUT2D eigenvalue weighted by Crippen LogP contribution is -2.68. The van der Waals surface area contributed by atoms with Gasteiger partial charge in [0, 0.05) is 70.1 Å². The normalized spacial score (nSPS) is 34.9. The molecule has 384 valence electrons. The molecule has 6 aliphatic rings. The minimum absolute atomic E-state index is 0.00348. The summed E-state index contributed by atoms with van der Waals surface area (Å²) in [4.78, 5) is 99.8. The predicted octanol–water partition coefficient (Wildman–Crippen LogP) is 4.85. The topological polar surface area (TPSA) is 223 Å². The number of thioether (sulfide) groups is 1. The number of carbonyl (C=O) groups is 7. The number of rotatable bonds is 10. The lowest BCUT2D eigenvalue weighted by Gasteiger charge is -2.46. The zero-order valence-corrected chi connectivity index (χ0v) is 43.3. The zero-order chi connectivity index (χ0) is 51.2. The molecular weight excluding hydrogens is 946 g/mol. The number of epoxide rings is 1. The van der Waals surface area contributed by atoms with E-state index in [9.17, 15) is 38.7 Å². The van der Waals surface area contributed by atoms with Crippen molar-refractivity contribution in [3.05, 3.63) is 46.5 Å². The number of allylic oxidation sites excluding steroid dienone is 3. The Labute approximate surface area is 418 Å². The maximum atomic E-state index is 14.5. The van der Waals surface area contributed by atoms with Crippen LogP contribution >= 0.6 is 23.4 Å². The van der Waals surface area contributed by atoms with Crippen molar-refractivity contribution in [3.63, 3.8) is 0 Å². The van der Waals surface area contributed by atoms with Crippen LogP contribution < -0.4 is 20.3 Å². The van der Waals surface area contributed by atoms with E-state index in [4.69, 9.17) is 35.3 Å². The lowest BCUT2D eigenvalue weighted by atomic mass is 9.69. The number of anilines is 1. The molecule has 0 aromatic heterocycles. The number of likely N-dealkylation sites (tertiary alicyclic amines) is 1. The van der Waals surface area contributed by atoms with Gasteiger partial charge in [0.25, 0.3) is 0 Å². The molecule has 3 N–H and O–H groups in total. The van der Waals surface area contributed by atoms with Crippen LogP contribution in [0, 0.1) is 17.8 Å². The number of esters is 1. The molecule has 6 amide bonds. The highest BCUT2D eigenvalue weighted by atomic mass is 35.5. The van der Waals surface area contributed by atoms with Crippen LogP contribution in [-0.2, 0) is 54.1 Å². The highest BCUT2D eigenvalue weighted by Gasteiger charge is 2.83. The molecule has 6 bridgehead atoms. The SMILES string of the molecule is COc1cc2cc(c1Cl)N(C)C(=O)C[C@@H]1OC(=O)[C@@H](N(C)C(=O)CCSC3CC(=O)N(CC4CCC(C(=O)NC(C)(C)C)CC4)C3=O)[C@]3(OC13C)[C@H](C)C1CC(O)(NC(=O)O1)C(OC)/C=C/C=C(\C)C2. The number of hydrogen-bond donors (Lipinski definition) is 3. The largest absolute Gasteiger partial charge is 0.495 e. The van der Waals surface area contributed by atoms with E-state index >= 15 is 0 Å². The summed E-state index contributed by atoms with van der Waals surface area (Å²) in [7, 11) is 5.87. The Morgan fingerprint density at radius 1 is 1.06 bits per heavy atom. The average Bonchev–Trinajstić information content (AvgIpc) is 3.86. The zero-order valence-electron chi connectivity index (χ0n) is 41.8. The summed E-state index contributed by atoms with van der Waals surface area (Å²) in [6, 6.07) is 2.14. The molecule has 5 fully saturated rings. The number of methoxy groups -OCH3 is 2. The van der Waals surface area contributed by atoms with Gasteiger partial charge in [0.15, 0.2) is 11.8 Å². The van der Waals surface area contributed by atoms with Crippen molar-refractivity contribution in [1.29, 1.82) is 0 Å². The van der Waals surface area contributed by atoms with Crippen molar-refractivity contribution >= 4 is 70.6 Å². The number of alkyl carbamates (subject to hydrolysis) is 1. The van der Waals surface area contributed by atoms with Gasteiger partial charge in [0.05, 0.1) is 24.5 Å². The Kier molecular flexibility index (Phi) is 15.5. The molecule has 1 aromatic carbocycles. The Morgan fingerprint density at radius 2 is 1.76 bits per heavy atom. The minimum Gasteiger partial charge on any atom is -0.495 e. The second kappa shape index (κ2) is 20.4. The van der Waals surface area contributed by atoms with Gasteiger partial charge in [-0.1, -0.05) is 42.3 Å². The quantitative estimate of drug-likeness (QED) is 0.162. The number of nitrogens with zero attached hydrogens (tertiary/aromatic N) is 3. The molecule has 20 heteroatoms. The van der Waals surface area contributed by atoms with E-state index in [0.29, 0.717) is 30.7 Å².